The van der Waals surface area contributed by atoms with E-state index in [1.54, 1.807) is 6.20 Å². The van der Waals surface area contributed by atoms with Crippen molar-refractivity contribution in [1.29, 1.82) is 0 Å². The van der Waals surface area contributed by atoms with Gasteiger partial charge in [-0.3, -0.25) is 0 Å². The van der Waals surface area contributed by atoms with E-state index in [-0.39, 0.29) is 0 Å². The van der Waals surface area contributed by atoms with Crippen molar-refractivity contribution in [2.45, 2.75) is 19.9 Å². The fourth-order valence-corrected chi connectivity index (χ4v) is 1.73. The molecule has 0 spiro atoms. The zero-order valence-electron chi connectivity index (χ0n) is 14.4. The Morgan fingerprint density at radius 3 is 2.96 bits per heavy atom. The highest BCUT2D eigenvalue weighted by Gasteiger charge is 1.99. The first-order valence-electron chi connectivity index (χ1n) is 7.95. The first-order chi connectivity index (χ1) is 11.1. The molecule has 7 heteroatoms. The molecule has 7 nitrogen and oxygen atoms in total. The van der Waals surface area contributed by atoms with Crippen LogP contribution >= 0.6 is 0 Å². The third-order valence-corrected chi connectivity index (χ3v) is 3.00. The summed E-state index contributed by atoms with van der Waals surface area (Å²) in [6, 6.07) is 3.80. The number of hydrogen-bond donors (Lipinski definition) is 2. The predicted octanol–water partition coefficient (Wildman–Crippen LogP) is 0.853. The first kappa shape index (κ1) is 19.2. The standard InChI is InChI=1S/C16H29N5O2/c1-4-22-10-5-7-19-16(17)20-13-14-6-8-18-15(12-14)23-11-9-21(2)3/h6,8,12H,4-5,7,9-11,13H2,1-3H3,(H3,17,19,20). The fraction of sp³-hybridized carbons (Fsp3) is 0.625. The Balaban J connectivity index is 2.33. The quantitative estimate of drug-likeness (QED) is 0.357. The third kappa shape index (κ3) is 9.70. The third-order valence-electron chi connectivity index (χ3n) is 3.00. The van der Waals surface area contributed by atoms with E-state index in [0.717, 1.165) is 38.3 Å². The average Bonchev–Trinajstić information content (AvgIpc) is 2.53. The Morgan fingerprint density at radius 1 is 1.39 bits per heavy atom. The molecule has 1 aromatic rings. The summed E-state index contributed by atoms with van der Waals surface area (Å²) in [4.78, 5) is 10.6. The summed E-state index contributed by atoms with van der Waals surface area (Å²) in [5, 5.41) is 3.07. The van der Waals surface area contributed by atoms with Gasteiger partial charge < -0.3 is 25.4 Å². The highest BCUT2D eigenvalue weighted by atomic mass is 16.5. The summed E-state index contributed by atoms with van der Waals surface area (Å²) < 4.78 is 10.9. The Labute approximate surface area is 138 Å². The lowest BCUT2D eigenvalue weighted by molar-refractivity contribution is 0.145. The van der Waals surface area contributed by atoms with Crippen LogP contribution in [-0.2, 0) is 11.3 Å². The molecule has 0 bridgehead atoms. The number of pyridine rings is 1. The zero-order chi connectivity index (χ0) is 16.9. The van der Waals surface area contributed by atoms with Gasteiger partial charge >= 0.3 is 0 Å². The van der Waals surface area contributed by atoms with Gasteiger partial charge in [0.15, 0.2) is 5.96 Å². The number of ether oxygens (including phenoxy) is 2. The molecule has 0 fully saturated rings. The van der Waals surface area contributed by atoms with Crippen LogP contribution in [0, 0.1) is 0 Å². The van der Waals surface area contributed by atoms with E-state index in [0.29, 0.717) is 25.0 Å². The average molecular weight is 323 g/mol. The molecule has 23 heavy (non-hydrogen) atoms. The molecule has 0 aliphatic rings. The maximum atomic E-state index is 5.83. The van der Waals surface area contributed by atoms with Crippen molar-refractivity contribution < 1.29 is 9.47 Å². The summed E-state index contributed by atoms with van der Waals surface area (Å²) in [5.41, 5.74) is 6.85. The molecule has 1 rings (SSSR count). The molecule has 0 radical (unpaired) electrons. The number of nitrogens with one attached hydrogen (secondary N) is 1. The van der Waals surface area contributed by atoms with Crippen LogP contribution in [0.5, 0.6) is 5.88 Å². The second-order valence-corrected chi connectivity index (χ2v) is 5.33. The van der Waals surface area contributed by atoms with E-state index in [2.05, 4.69) is 20.2 Å². The molecule has 130 valence electrons. The SMILES string of the molecule is CCOCCCNC(N)=NCc1ccnc(OCCN(C)C)c1. The van der Waals surface area contributed by atoms with Crippen LogP contribution in [0.1, 0.15) is 18.9 Å². The van der Waals surface area contributed by atoms with Crippen molar-refractivity contribution in [3.63, 3.8) is 0 Å². The van der Waals surface area contributed by atoms with Crippen molar-refractivity contribution in [2.24, 2.45) is 10.7 Å². The fourth-order valence-electron chi connectivity index (χ4n) is 1.73. The van der Waals surface area contributed by atoms with E-state index >= 15 is 0 Å². The molecule has 0 unspecified atom stereocenters. The van der Waals surface area contributed by atoms with Gasteiger partial charge in [0.25, 0.3) is 0 Å². The van der Waals surface area contributed by atoms with Crippen LogP contribution in [0.15, 0.2) is 23.3 Å². The van der Waals surface area contributed by atoms with Crippen LogP contribution < -0.4 is 15.8 Å². The van der Waals surface area contributed by atoms with Gasteiger partial charge in [-0.05, 0) is 39.1 Å². The topological polar surface area (TPSA) is 85.0 Å². The molecule has 0 atom stereocenters. The summed E-state index contributed by atoms with van der Waals surface area (Å²) >= 11 is 0. The molecule has 3 N–H and O–H groups in total. The van der Waals surface area contributed by atoms with Crippen LogP contribution in [0.2, 0.25) is 0 Å². The predicted molar refractivity (Wildman–Crippen MR) is 92.7 cm³/mol. The minimum absolute atomic E-state index is 0.438. The Bertz CT molecular complexity index is 466. The normalized spacial score (nSPS) is 11.7. The lowest BCUT2D eigenvalue weighted by Crippen LogP contribution is -2.32. The van der Waals surface area contributed by atoms with E-state index in [1.807, 2.05) is 33.2 Å². The van der Waals surface area contributed by atoms with Gasteiger partial charge in [0.1, 0.15) is 6.61 Å². The van der Waals surface area contributed by atoms with Gasteiger partial charge in [0.2, 0.25) is 5.88 Å². The number of nitrogens with two attached hydrogens (primary N) is 1. The van der Waals surface area contributed by atoms with Crippen molar-refractivity contribution in [3.05, 3.63) is 23.9 Å². The van der Waals surface area contributed by atoms with Crippen LogP contribution in [-0.4, -0.2) is 62.8 Å². The smallest absolute Gasteiger partial charge is 0.213 e. The van der Waals surface area contributed by atoms with E-state index < -0.39 is 0 Å². The summed E-state index contributed by atoms with van der Waals surface area (Å²) in [6.07, 6.45) is 2.63. The number of aliphatic imine (C=N–C) groups is 1. The highest BCUT2D eigenvalue weighted by molar-refractivity contribution is 5.77. The van der Waals surface area contributed by atoms with Crippen molar-refractivity contribution in [3.8, 4) is 5.88 Å². The molecule has 1 aromatic heterocycles. The number of nitrogens with zero attached hydrogens (tertiary/aromatic N) is 3. The van der Waals surface area contributed by atoms with Gasteiger partial charge in [-0.15, -0.1) is 0 Å². The van der Waals surface area contributed by atoms with Crippen molar-refractivity contribution in [2.75, 3.05) is 47.0 Å². The monoisotopic (exact) mass is 323 g/mol. The largest absolute Gasteiger partial charge is 0.476 e. The molecule has 0 saturated heterocycles. The lowest BCUT2D eigenvalue weighted by Gasteiger charge is -2.10. The molecule has 0 saturated carbocycles. The number of aromatic nitrogens is 1. The number of hydrogen-bond acceptors (Lipinski definition) is 5. The summed E-state index contributed by atoms with van der Waals surface area (Å²) in [7, 11) is 4.01. The second kappa shape index (κ2) is 11.7. The molecule has 1 heterocycles. The molecular weight excluding hydrogens is 294 g/mol. The Morgan fingerprint density at radius 2 is 2.22 bits per heavy atom. The Kier molecular flexibility index (Phi) is 9.74. The number of rotatable bonds is 11. The Hall–Kier alpha value is -1.86. The second-order valence-electron chi connectivity index (χ2n) is 5.33. The molecule has 0 aliphatic carbocycles. The minimum atomic E-state index is 0.438. The molecule has 0 aliphatic heterocycles. The maximum Gasteiger partial charge on any atom is 0.213 e. The van der Waals surface area contributed by atoms with Crippen LogP contribution in [0.25, 0.3) is 0 Å². The van der Waals surface area contributed by atoms with Gasteiger partial charge in [0.05, 0.1) is 6.54 Å². The lowest BCUT2D eigenvalue weighted by atomic mass is 10.3. The minimum Gasteiger partial charge on any atom is -0.476 e. The first-order valence-corrected chi connectivity index (χ1v) is 7.95. The summed E-state index contributed by atoms with van der Waals surface area (Å²) in [6.45, 7) is 6.16. The molecule has 0 aromatic carbocycles. The van der Waals surface area contributed by atoms with Gasteiger partial charge in [-0.25, -0.2) is 9.98 Å². The van der Waals surface area contributed by atoms with E-state index in [1.165, 1.54) is 0 Å². The van der Waals surface area contributed by atoms with Crippen molar-refractivity contribution >= 4 is 5.96 Å². The summed E-state index contributed by atoms with van der Waals surface area (Å²) in [5.74, 6) is 1.05. The van der Waals surface area contributed by atoms with Crippen LogP contribution in [0.4, 0.5) is 0 Å². The number of likely N-dealkylation sites (N-methyl/N-ethyl adjacent to an activating group) is 1. The van der Waals surface area contributed by atoms with Crippen molar-refractivity contribution in [1.82, 2.24) is 15.2 Å². The van der Waals surface area contributed by atoms with E-state index in [4.69, 9.17) is 15.2 Å². The van der Waals surface area contributed by atoms with Gasteiger partial charge in [-0.1, -0.05) is 0 Å². The van der Waals surface area contributed by atoms with Crippen LogP contribution in [0.3, 0.4) is 0 Å². The zero-order valence-corrected chi connectivity index (χ0v) is 14.4. The van der Waals surface area contributed by atoms with Gasteiger partial charge in [0, 0.05) is 38.6 Å². The van der Waals surface area contributed by atoms with E-state index in [9.17, 15) is 0 Å². The molecular formula is C16H29N5O2. The van der Waals surface area contributed by atoms with Gasteiger partial charge in [-0.2, -0.15) is 0 Å². The highest BCUT2D eigenvalue weighted by Crippen LogP contribution is 2.10. The number of guanidine groups is 1. The molecule has 0 amide bonds. The maximum absolute atomic E-state index is 5.83.